The molecule has 0 fully saturated rings. The molecular weight excluding hydrogens is 214 g/mol. The molecule has 0 aliphatic carbocycles. The van der Waals surface area contributed by atoms with Crippen LogP contribution in [0.25, 0.3) is 0 Å². The van der Waals surface area contributed by atoms with Crippen LogP contribution in [0.1, 0.15) is 31.9 Å². The van der Waals surface area contributed by atoms with E-state index in [2.05, 4.69) is 50.0 Å². The van der Waals surface area contributed by atoms with Gasteiger partial charge in [0.05, 0.1) is 0 Å². The van der Waals surface area contributed by atoms with E-state index in [1.54, 1.807) is 0 Å². The second-order valence-electron chi connectivity index (χ2n) is 4.00. The normalized spacial score (nSPS) is 12.4. The van der Waals surface area contributed by atoms with Gasteiger partial charge in [0.25, 0.3) is 0 Å². The Morgan fingerprint density at radius 1 is 1.38 bits per heavy atom. The Labute approximate surface area is 103 Å². The first kappa shape index (κ1) is 13.3. The van der Waals surface area contributed by atoms with Crippen LogP contribution in [0.4, 0.5) is 0 Å². The van der Waals surface area contributed by atoms with E-state index in [9.17, 15) is 0 Å². The molecule has 16 heavy (non-hydrogen) atoms. The van der Waals surface area contributed by atoms with Gasteiger partial charge in [-0.1, -0.05) is 24.6 Å². The highest BCUT2D eigenvalue weighted by Crippen LogP contribution is 2.23. The van der Waals surface area contributed by atoms with Crippen molar-refractivity contribution in [2.45, 2.75) is 31.2 Å². The molecule has 0 aliphatic rings. The largest absolute Gasteiger partial charge is 0.313 e. The van der Waals surface area contributed by atoms with Gasteiger partial charge in [-0.3, -0.25) is 0 Å². The van der Waals surface area contributed by atoms with Crippen molar-refractivity contribution in [1.29, 1.82) is 0 Å². The van der Waals surface area contributed by atoms with E-state index >= 15 is 0 Å². The third-order valence-corrected chi connectivity index (χ3v) is 3.39. The maximum absolute atomic E-state index is 3.97. The molecule has 0 aromatic heterocycles. The summed E-state index contributed by atoms with van der Waals surface area (Å²) in [5.41, 5.74) is 2.55. The van der Waals surface area contributed by atoms with Crippen LogP contribution >= 0.6 is 11.8 Å². The second-order valence-corrected chi connectivity index (χ2v) is 5.34. The van der Waals surface area contributed by atoms with Crippen molar-refractivity contribution in [3.8, 4) is 0 Å². The molecule has 1 rings (SSSR count). The summed E-state index contributed by atoms with van der Waals surface area (Å²) >= 11 is 1.88. The first-order chi connectivity index (χ1) is 7.67. The monoisotopic (exact) mass is 235 g/mol. The molecule has 0 spiro atoms. The first-order valence-electron chi connectivity index (χ1n) is 5.71. The third-order valence-electron chi connectivity index (χ3n) is 2.49. The average molecular weight is 235 g/mol. The Kier molecular flexibility index (Phi) is 5.64. The van der Waals surface area contributed by atoms with Gasteiger partial charge in [0.2, 0.25) is 0 Å². The molecule has 88 valence electrons. The second kappa shape index (κ2) is 6.77. The van der Waals surface area contributed by atoms with Gasteiger partial charge in [0, 0.05) is 10.9 Å². The van der Waals surface area contributed by atoms with E-state index in [4.69, 9.17) is 0 Å². The summed E-state index contributed by atoms with van der Waals surface area (Å²) in [5, 5.41) is 3.33. The fourth-order valence-electron chi connectivity index (χ4n) is 1.70. The smallest absolute Gasteiger partial charge is 0.0354 e. The average Bonchev–Trinajstić information content (AvgIpc) is 2.27. The zero-order valence-corrected chi connectivity index (χ0v) is 11.2. The summed E-state index contributed by atoms with van der Waals surface area (Å²) in [5.74, 6) is 1.13. The minimum atomic E-state index is 0.387. The van der Waals surface area contributed by atoms with Crippen LogP contribution in [0.5, 0.6) is 0 Å². The Bertz CT molecular complexity index is 329. The standard InChI is InChI=1S/C14H21NS/c1-5-16-13-8-6-12(7-9-13)14(15-4)10-11(2)3/h6-9,14-15H,2,5,10H2,1,3-4H3. The van der Waals surface area contributed by atoms with Crippen LogP contribution in [0.15, 0.2) is 41.3 Å². The molecule has 0 aliphatic heterocycles. The van der Waals surface area contributed by atoms with Crippen molar-refractivity contribution in [2.24, 2.45) is 0 Å². The van der Waals surface area contributed by atoms with E-state index < -0.39 is 0 Å². The first-order valence-corrected chi connectivity index (χ1v) is 6.70. The number of hydrogen-bond donors (Lipinski definition) is 1. The summed E-state index contributed by atoms with van der Waals surface area (Å²) in [6.45, 7) is 8.22. The number of nitrogens with one attached hydrogen (secondary N) is 1. The lowest BCUT2D eigenvalue weighted by atomic mass is 10.0. The van der Waals surface area contributed by atoms with Crippen LogP contribution in [-0.4, -0.2) is 12.8 Å². The van der Waals surface area contributed by atoms with Gasteiger partial charge >= 0.3 is 0 Å². The van der Waals surface area contributed by atoms with Gasteiger partial charge in [0.15, 0.2) is 0 Å². The topological polar surface area (TPSA) is 12.0 Å². The van der Waals surface area contributed by atoms with E-state index in [1.807, 2.05) is 18.8 Å². The van der Waals surface area contributed by atoms with Crippen molar-refractivity contribution in [2.75, 3.05) is 12.8 Å². The SMILES string of the molecule is C=C(C)CC(NC)c1ccc(SCC)cc1. The Balaban J connectivity index is 2.73. The predicted molar refractivity (Wildman–Crippen MR) is 74.1 cm³/mol. The quantitative estimate of drug-likeness (QED) is 0.590. The number of hydrogen-bond acceptors (Lipinski definition) is 2. The molecule has 1 unspecified atom stereocenters. The molecule has 1 atom stereocenters. The maximum Gasteiger partial charge on any atom is 0.0354 e. The molecular formula is C14H21NS. The highest BCUT2D eigenvalue weighted by atomic mass is 32.2. The van der Waals surface area contributed by atoms with Crippen LogP contribution < -0.4 is 5.32 Å². The van der Waals surface area contributed by atoms with Crippen molar-refractivity contribution >= 4 is 11.8 Å². The van der Waals surface area contributed by atoms with E-state index in [0.717, 1.165) is 12.2 Å². The Morgan fingerprint density at radius 3 is 2.44 bits per heavy atom. The van der Waals surface area contributed by atoms with Crippen molar-refractivity contribution in [3.05, 3.63) is 42.0 Å². The number of benzene rings is 1. The van der Waals surface area contributed by atoms with Crippen molar-refractivity contribution in [3.63, 3.8) is 0 Å². The zero-order chi connectivity index (χ0) is 12.0. The fraction of sp³-hybridized carbons (Fsp3) is 0.429. The minimum absolute atomic E-state index is 0.387. The molecule has 0 bridgehead atoms. The lowest BCUT2D eigenvalue weighted by Gasteiger charge is -2.16. The van der Waals surface area contributed by atoms with Crippen molar-refractivity contribution in [1.82, 2.24) is 5.32 Å². The molecule has 1 N–H and O–H groups in total. The Morgan fingerprint density at radius 2 is 2.00 bits per heavy atom. The Hall–Kier alpha value is -0.730. The van der Waals surface area contributed by atoms with E-state index in [0.29, 0.717) is 6.04 Å². The summed E-state index contributed by atoms with van der Waals surface area (Å²) in [6.07, 6.45) is 0.997. The van der Waals surface area contributed by atoms with Gasteiger partial charge in [-0.05, 0) is 43.8 Å². The van der Waals surface area contributed by atoms with Crippen LogP contribution in [0.3, 0.4) is 0 Å². The summed E-state index contributed by atoms with van der Waals surface area (Å²) in [6, 6.07) is 9.21. The third kappa shape index (κ3) is 4.03. The molecule has 0 heterocycles. The molecule has 0 saturated carbocycles. The van der Waals surface area contributed by atoms with Gasteiger partial charge in [-0.25, -0.2) is 0 Å². The number of rotatable bonds is 6. The molecule has 2 heteroatoms. The maximum atomic E-state index is 3.97. The summed E-state index contributed by atoms with van der Waals surface area (Å²) in [7, 11) is 2.00. The molecule has 1 aromatic carbocycles. The lowest BCUT2D eigenvalue weighted by molar-refractivity contribution is 0.589. The molecule has 0 saturated heterocycles. The van der Waals surface area contributed by atoms with Gasteiger partial charge in [0.1, 0.15) is 0 Å². The highest BCUT2D eigenvalue weighted by Gasteiger charge is 2.08. The molecule has 0 amide bonds. The fourth-order valence-corrected chi connectivity index (χ4v) is 2.36. The van der Waals surface area contributed by atoms with Crippen LogP contribution in [-0.2, 0) is 0 Å². The summed E-state index contributed by atoms with van der Waals surface area (Å²) < 4.78 is 0. The van der Waals surface area contributed by atoms with E-state index in [1.165, 1.54) is 16.0 Å². The predicted octanol–water partition coefficient (Wildman–Crippen LogP) is 4.03. The molecule has 1 aromatic rings. The van der Waals surface area contributed by atoms with Crippen molar-refractivity contribution < 1.29 is 0 Å². The van der Waals surface area contributed by atoms with Crippen LogP contribution in [0, 0.1) is 0 Å². The van der Waals surface area contributed by atoms with Crippen LogP contribution in [0.2, 0.25) is 0 Å². The lowest BCUT2D eigenvalue weighted by Crippen LogP contribution is -2.16. The van der Waals surface area contributed by atoms with Gasteiger partial charge < -0.3 is 5.32 Å². The van der Waals surface area contributed by atoms with E-state index in [-0.39, 0.29) is 0 Å². The number of thioether (sulfide) groups is 1. The van der Waals surface area contributed by atoms with Gasteiger partial charge in [-0.15, -0.1) is 18.3 Å². The highest BCUT2D eigenvalue weighted by molar-refractivity contribution is 7.99. The summed E-state index contributed by atoms with van der Waals surface area (Å²) in [4.78, 5) is 1.34. The van der Waals surface area contributed by atoms with Gasteiger partial charge in [-0.2, -0.15) is 0 Å². The zero-order valence-electron chi connectivity index (χ0n) is 10.4. The molecule has 0 radical (unpaired) electrons. The molecule has 1 nitrogen and oxygen atoms in total. The minimum Gasteiger partial charge on any atom is -0.313 e.